The molecule has 0 radical (unpaired) electrons. The zero-order valence-electron chi connectivity index (χ0n) is 14.5. The molecule has 0 saturated heterocycles. The van der Waals surface area contributed by atoms with Crippen molar-refractivity contribution in [3.05, 3.63) is 52.3 Å². The van der Waals surface area contributed by atoms with Crippen LogP contribution in [0.3, 0.4) is 0 Å². The average molecular weight is 438 g/mol. The van der Waals surface area contributed by atoms with Crippen LogP contribution in [0, 0.1) is 0 Å². The van der Waals surface area contributed by atoms with Crippen LogP contribution in [0.15, 0.2) is 36.4 Å². The molecule has 2 aromatic rings. The Bertz CT molecular complexity index is 797. The number of hydrogen-bond donors (Lipinski definition) is 2. The zero-order valence-corrected chi connectivity index (χ0v) is 16.0. The first-order chi connectivity index (χ1) is 13.0. The van der Waals surface area contributed by atoms with Crippen molar-refractivity contribution in [3.8, 4) is 5.75 Å². The fourth-order valence-electron chi connectivity index (χ4n) is 2.29. The second-order valence-electron chi connectivity index (χ2n) is 5.85. The molecule has 28 heavy (non-hydrogen) atoms. The lowest BCUT2D eigenvalue weighted by molar-refractivity contribution is -0.274. The Morgan fingerprint density at radius 1 is 1.25 bits per heavy atom. The molecule has 0 aliphatic carbocycles. The Balaban J connectivity index is 2.11. The molecular weight excluding hydrogens is 422 g/mol. The SMILES string of the molecule is CC(O)CN(Cc1ccc(OC(F)(F)F)cc1)C(=O)Nc1cc(Cl)nc(Cl)c1. The highest BCUT2D eigenvalue weighted by atomic mass is 35.5. The van der Waals surface area contributed by atoms with Gasteiger partial charge in [0, 0.05) is 18.8 Å². The molecule has 2 amide bonds. The number of carbonyl (C=O) groups is 1. The molecule has 0 spiro atoms. The van der Waals surface area contributed by atoms with E-state index in [0.29, 0.717) is 11.3 Å². The van der Waals surface area contributed by atoms with E-state index in [4.69, 9.17) is 23.2 Å². The van der Waals surface area contributed by atoms with Crippen LogP contribution in [0.25, 0.3) is 0 Å². The maximum Gasteiger partial charge on any atom is 0.573 e. The van der Waals surface area contributed by atoms with Crippen LogP contribution in [-0.2, 0) is 6.54 Å². The Morgan fingerprint density at radius 3 is 2.32 bits per heavy atom. The van der Waals surface area contributed by atoms with Crippen molar-refractivity contribution in [2.24, 2.45) is 0 Å². The summed E-state index contributed by atoms with van der Waals surface area (Å²) in [5.74, 6) is -0.371. The number of carbonyl (C=O) groups excluding carboxylic acids is 1. The minimum atomic E-state index is -4.78. The van der Waals surface area contributed by atoms with Gasteiger partial charge in [-0.2, -0.15) is 0 Å². The van der Waals surface area contributed by atoms with Gasteiger partial charge in [0.1, 0.15) is 16.1 Å². The summed E-state index contributed by atoms with van der Waals surface area (Å²) in [6, 6.07) is 7.31. The van der Waals surface area contributed by atoms with E-state index in [-0.39, 0.29) is 29.1 Å². The first kappa shape index (κ1) is 22.1. The lowest BCUT2D eigenvalue weighted by Gasteiger charge is -2.24. The number of aliphatic hydroxyl groups is 1. The molecule has 0 bridgehead atoms. The molecule has 0 aliphatic rings. The van der Waals surface area contributed by atoms with Gasteiger partial charge in [0.25, 0.3) is 0 Å². The number of urea groups is 1. The van der Waals surface area contributed by atoms with Crippen molar-refractivity contribution in [3.63, 3.8) is 0 Å². The van der Waals surface area contributed by atoms with Crippen LogP contribution in [0.4, 0.5) is 23.7 Å². The average Bonchev–Trinajstić information content (AvgIpc) is 2.53. The number of aliphatic hydroxyl groups excluding tert-OH is 1. The molecule has 2 rings (SSSR count). The number of hydrogen-bond acceptors (Lipinski definition) is 4. The molecule has 11 heteroatoms. The smallest absolute Gasteiger partial charge is 0.406 e. The van der Waals surface area contributed by atoms with E-state index >= 15 is 0 Å². The lowest BCUT2D eigenvalue weighted by Crippen LogP contribution is -2.39. The number of aromatic nitrogens is 1. The molecule has 0 aliphatic heterocycles. The topological polar surface area (TPSA) is 74.7 Å². The third-order valence-corrected chi connectivity index (χ3v) is 3.70. The van der Waals surface area contributed by atoms with Gasteiger partial charge in [0.05, 0.1) is 6.10 Å². The maximum atomic E-state index is 12.6. The van der Waals surface area contributed by atoms with Gasteiger partial charge in [0.15, 0.2) is 0 Å². The van der Waals surface area contributed by atoms with Crippen molar-refractivity contribution in [2.45, 2.75) is 25.9 Å². The summed E-state index contributed by atoms with van der Waals surface area (Å²) < 4.78 is 40.5. The van der Waals surface area contributed by atoms with Crippen molar-refractivity contribution in [1.82, 2.24) is 9.88 Å². The normalized spacial score (nSPS) is 12.4. The molecule has 6 nitrogen and oxygen atoms in total. The summed E-state index contributed by atoms with van der Waals surface area (Å²) in [6.07, 6.45) is -5.62. The molecule has 1 heterocycles. The number of ether oxygens (including phenoxy) is 1. The second kappa shape index (κ2) is 9.31. The second-order valence-corrected chi connectivity index (χ2v) is 6.63. The largest absolute Gasteiger partial charge is 0.573 e. The third kappa shape index (κ3) is 7.41. The van der Waals surface area contributed by atoms with Crippen molar-refractivity contribution in [1.29, 1.82) is 0 Å². The number of rotatable bonds is 6. The van der Waals surface area contributed by atoms with E-state index in [0.717, 1.165) is 12.1 Å². The van der Waals surface area contributed by atoms with E-state index in [9.17, 15) is 23.1 Å². The summed E-state index contributed by atoms with van der Waals surface area (Å²) in [5.41, 5.74) is 0.843. The summed E-state index contributed by atoms with van der Waals surface area (Å²) in [4.78, 5) is 17.6. The number of anilines is 1. The maximum absolute atomic E-state index is 12.6. The number of nitrogens with one attached hydrogen (secondary N) is 1. The Hall–Kier alpha value is -2.23. The molecule has 1 aromatic heterocycles. The summed E-state index contributed by atoms with van der Waals surface area (Å²) in [6.45, 7) is 1.52. The molecule has 0 saturated carbocycles. The van der Waals surface area contributed by atoms with Gasteiger partial charge in [-0.1, -0.05) is 35.3 Å². The fraction of sp³-hybridized carbons (Fsp3) is 0.294. The van der Waals surface area contributed by atoms with Crippen LogP contribution >= 0.6 is 23.2 Å². The van der Waals surface area contributed by atoms with Crippen LogP contribution in [0.1, 0.15) is 12.5 Å². The van der Waals surface area contributed by atoms with Gasteiger partial charge in [-0.3, -0.25) is 0 Å². The Morgan fingerprint density at radius 2 is 1.82 bits per heavy atom. The van der Waals surface area contributed by atoms with Gasteiger partial charge >= 0.3 is 12.4 Å². The van der Waals surface area contributed by atoms with Gasteiger partial charge in [-0.25, -0.2) is 9.78 Å². The van der Waals surface area contributed by atoms with Crippen molar-refractivity contribution < 1.29 is 27.8 Å². The Labute approximate surface area is 168 Å². The number of halogens is 5. The highest BCUT2D eigenvalue weighted by Crippen LogP contribution is 2.23. The van der Waals surface area contributed by atoms with Crippen molar-refractivity contribution >= 4 is 34.9 Å². The molecule has 1 aromatic carbocycles. The number of pyridine rings is 1. The van der Waals surface area contributed by atoms with Crippen LogP contribution < -0.4 is 10.1 Å². The number of amides is 2. The van der Waals surface area contributed by atoms with E-state index in [1.54, 1.807) is 0 Å². The van der Waals surface area contributed by atoms with Gasteiger partial charge < -0.3 is 20.1 Å². The molecule has 1 unspecified atom stereocenters. The van der Waals surface area contributed by atoms with Crippen LogP contribution in [0.2, 0.25) is 10.3 Å². The summed E-state index contributed by atoms with van der Waals surface area (Å²) in [7, 11) is 0. The minimum Gasteiger partial charge on any atom is -0.406 e. The standard InChI is InChI=1S/C17H16Cl2F3N3O3/c1-10(26)8-25(16(27)23-12-6-14(18)24-15(19)7-12)9-11-2-4-13(5-3-11)28-17(20,21)22/h2-7,10,26H,8-9H2,1H3,(H,23,24,27). The van der Waals surface area contributed by atoms with E-state index in [1.807, 2.05) is 0 Å². The zero-order chi connectivity index (χ0) is 20.9. The molecule has 1 atom stereocenters. The monoisotopic (exact) mass is 437 g/mol. The lowest BCUT2D eigenvalue weighted by atomic mass is 10.2. The quantitative estimate of drug-likeness (QED) is 0.642. The highest BCUT2D eigenvalue weighted by Gasteiger charge is 2.31. The van der Waals surface area contributed by atoms with Crippen molar-refractivity contribution in [2.75, 3.05) is 11.9 Å². The summed E-state index contributed by atoms with van der Waals surface area (Å²) >= 11 is 11.6. The highest BCUT2D eigenvalue weighted by molar-refractivity contribution is 6.32. The van der Waals surface area contributed by atoms with E-state index in [2.05, 4.69) is 15.0 Å². The first-order valence-electron chi connectivity index (χ1n) is 7.93. The van der Waals surface area contributed by atoms with Crippen LogP contribution in [0.5, 0.6) is 5.75 Å². The predicted molar refractivity (Wildman–Crippen MR) is 98.5 cm³/mol. The van der Waals surface area contributed by atoms with Crippen LogP contribution in [-0.4, -0.2) is 40.0 Å². The van der Waals surface area contributed by atoms with E-state index < -0.39 is 18.5 Å². The van der Waals surface area contributed by atoms with Gasteiger partial charge in [-0.15, -0.1) is 13.2 Å². The predicted octanol–water partition coefficient (Wildman–Crippen LogP) is 4.70. The van der Waals surface area contributed by atoms with Gasteiger partial charge in [-0.05, 0) is 36.8 Å². The molecule has 152 valence electrons. The number of nitrogens with zero attached hydrogens (tertiary/aromatic N) is 2. The molecule has 0 fully saturated rings. The Kier molecular flexibility index (Phi) is 7.34. The third-order valence-electron chi connectivity index (χ3n) is 3.32. The van der Waals surface area contributed by atoms with Gasteiger partial charge in [0.2, 0.25) is 0 Å². The fourth-order valence-corrected chi connectivity index (χ4v) is 2.76. The first-order valence-corrected chi connectivity index (χ1v) is 8.69. The minimum absolute atomic E-state index is 0.0147. The number of alkyl halides is 3. The number of benzene rings is 1. The van der Waals surface area contributed by atoms with E-state index in [1.165, 1.54) is 36.1 Å². The summed E-state index contributed by atoms with van der Waals surface area (Å²) in [5, 5.41) is 12.4. The molecule has 2 N–H and O–H groups in total. The molecular formula is C17H16Cl2F3N3O3.